The number of ether oxygens (including phenoxy) is 1. The molecule has 1 unspecified atom stereocenters. The lowest BCUT2D eigenvalue weighted by atomic mass is 9.85. The number of piperazine rings is 1. The third-order valence-electron chi connectivity index (χ3n) is 6.20. The molecular weight excluding hydrogens is 354 g/mol. The summed E-state index contributed by atoms with van der Waals surface area (Å²) in [4.78, 5) is 31.6. The summed E-state index contributed by atoms with van der Waals surface area (Å²) in [5.74, 6) is 0.596. The number of hydrogen-bond donors (Lipinski definition) is 0. The van der Waals surface area contributed by atoms with E-state index in [0.29, 0.717) is 38.6 Å². The van der Waals surface area contributed by atoms with Crippen molar-refractivity contribution in [3.05, 3.63) is 36.0 Å². The summed E-state index contributed by atoms with van der Waals surface area (Å²) < 4.78 is 5.45. The van der Waals surface area contributed by atoms with Gasteiger partial charge in [-0.1, -0.05) is 18.2 Å². The molecule has 150 valence electrons. The molecule has 1 atom stereocenters. The quantitative estimate of drug-likeness (QED) is 0.737. The van der Waals surface area contributed by atoms with E-state index in [-0.39, 0.29) is 11.8 Å². The van der Waals surface area contributed by atoms with E-state index in [4.69, 9.17) is 4.74 Å². The lowest BCUT2D eigenvalue weighted by Crippen LogP contribution is -2.54. The number of anilines is 1. The van der Waals surface area contributed by atoms with E-state index in [9.17, 15) is 9.59 Å². The van der Waals surface area contributed by atoms with Crippen LogP contribution in [0.3, 0.4) is 0 Å². The molecule has 0 spiro atoms. The Morgan fingerprint density at radius 2 is 1.71 bits per heavy atom. The number of hydrogen-bond acceptors (Lipinski definition) is 4. The summed E-state index contributed by atoms with van der Waals surface area (Å²) >= 11 is 0. The molecule has 1 aromatic carbocycles. The maximum Gasteiger partial charge on any atom is 0.316 e. The molecule has 0 radical (unpaired) electrons. The third kappa shape index (κ3) is 3.60. The Morgan fingerprint density at radius 1 is 0.964 bits per heavy atom. The minimum atomic E-state index is -0.355. The molecule has 1 aliphatic carbocycles. The van der Waals surface area contributed by atoms with Gasteiger partial charge >= 0.3 is 11.8 Å². The Balaban J connectivity index is 1.40. The number of likely N-dealkylation sites (tertiary alicyclic amines) is 1. The molecule has 2 saturated heterocycles. The summed E-state index contributed by atoms with van der Waals surface area (Å²) in [5, 5.41) is 0. The number of carbonyl (C=O) groups excluding carboxylic acids is 2. The van der Waals surface area contributed by atoms with E-state index < -0.39 is 0 Å². The number of methoxy groups -OCH3 is 1. The predicted octanol–water partition coefficient (Wildman–Crippen LogP) is 2.65. The predicted molar refractivity (Wildman–Crippen MR) is 108 cm³/mol. The SMILES string of the molecule is COc1ccccc1N1CCN(C(=O)C(=O)N2CCCC3CCCC=C32)CC1. The second-order valence-electron chi connectivity index (χ2n) is 7.81. The molecule has 28 heavy (non-hydrogen) atoms. The Kier molecular flexibility index (Phi) is 5.55. The van der Waals surface area contributed by atoms with Crippen molar-refractivity contribution in [3.63, 3.8) is 0 Å². The highest BCUT2D eigenvalue weighted by Crippen LogP contribution is 2.35. The highest BCUT2D eigenvalue weighted by Gasteiger charge is 2.36. The number of allylic oxidation sites excluding steroid dienone is 2. The number of amides is 2. The minimum Gasteiger partial charge on any atom is -0.495 e. The van der Waals surface area contributed by atoms with Crippen LogP contribution in [0.25, 0.3) is 0 Å². The van der Waals surface area contributed by atoms with Crippen LogP contribution in [0.2, 0.25) is 0 Å². The fraction of sp³-hybridized carbons (Fsp3) is 0.545. The maximum absolute atomic E-state index is 13.0. The summed E-state index contributed by atoms with van der Waals surface area (Å²) in [7, 11) is 1.67. The number of benzene rings is 1. The van der Waals surface area contributed by atoms with Gasteiger partial charge < -0.3 is 19.4 Å². The molecule has 6 nitrogen and oxygen atoms in total. The standard InChI is InChI=1S/C22H29N3O3/c1-28-20-11-5-4-10-19(20)23-13-15-24(16-14-23)21(26)22(27)25-12-6-8-17-7-2-3-9-18(17)25/h4-5,9-11,17H,2-3,6-8,12-16H2,1H3. The summed E-state index contributed by atoms with van der Waals surface area (Å²) in [6.45, 7) is 3.18. The van der Waals surface area contributed by atoms with Crippen LogP contribution in [0.15, 0.2) is 36.0 Å². The Labute approximate surface area is 166 Å². The van der Waals surface area contributed by atoms with Gasteiger partial charge in [-0.2, -0.15) is 0 Å². The first kappa shape index (κ1) is 18.8. The Hall–Kier alpha value is -2.50. The van der Waals surface area contributed by atoms with Gasteiger partial charge in [-0.05, 0) is 50.2 Å². The monoisotopic (exact) mass is 383 g/mol. The van der Waals surface area contributed by atoms with Crippen molar-refractivity contribution in [1.82, 2.24) is 9.80 Å². The average molecular weight is 383 g/mol. The van der Waals surface area contributed by atoms with Crippen LogP contribution < -0.4 is 9.64 Å². The molecular formula is C22H29N3O3. The molecule has 2 fully saturated rings. The summed E-state index contributed by atoms with van der Waals surface area (Å²) in [5.41, 5.74) is 2.14. The number of nitrogens with zero attached hydrogens (tertiary/aromatic N) is 3. The highest BCUT2D eigenvalue weighted by molar-refractivity contribution is 6.35. The molecule has 3 aliphatic rings. The van der Waals surface area contributed by atoms with Crippen LogP contribution in [0.1, 0.15) is 32.1 Å². The van der Waals surface area contributed by atoms with Crippen molar-refractivity contribution >= 4 is 17.5 Å². The van der Waals surface area contributed by atoms with Gasteiger partial charge in [-0.15, -0.1) is 0 Å². The first-order valence-corrected chi connectivity index (χ1v) is 10.4. The van der Waals surface area contributed by atoms with Crippen molar-refractivity contribution in [2.24, 2.45) is 5.92 Å². The molecule has 2 heterocycles. The van der Waals surface area contributed by atoms with Crippen LogP contribution in [0.4, 0.5) is 5.69 Å². The van der Waals surface area contributed by atoms with Crippen molar-refractivity contribution in [1.29, 1.82) is 0 Å². The summed E-state index contributed by atoms with van der Waals surface area (Å²) in [6, 6.07) is 7.92. The number of piperidine rings is 1. The molecule has 0 bridgehead atoms. The highest BCUT2D eigenvalue weighted by atomic mass is 16.5. The Morgan fingerprint density at radius 3 is 2.50 bits per heavy atom. The van der Waals surface area contributed by atoms with Gasteiger partial charge in [-0.3, -0.25) is 9.59 Å². The first-order valence-electron chi connectivity index (χ1n) is 10.4. The molecule has 0 saturated carbocycles. The second kappa shape index (κ2) is 8.25. The fourth-order valence-corrected chi connectivity index (χ4v) is 4.69. The minimum absolute atomic E-state index is 0.344. The zero-order valence-electron chi connectivity index (χ0n) is 16.6. The lowest BCUT2D eigenvalue weighted by Gasteiger charge is -2.40. The van der Waals surface area contributed by atoms with Gasteiger partial charge in [0.1, 0.15) is 5.75 Å². The van der Waals surface area contributed by atoms with Crippen molar-refractivity contribution < 1.29 is 14.3 Å². The second-order valence-corrected chi connectivity index (χ2v) is 7.81. The van der Waals surface area contributed by atoms with E-state index in [2.05, 4.69) is 11.0 Å². The van der Waals surface area contributed by atoms with Crippen LogP contribution in [-0.2, 0) is 9.59 Å². The van der Waals surface area contributed by atoms with Crippen molar-refractivity contribution in [3.8, 4) is 5.75 Å². The zero-order valence-corrected chi connectivity index (χ0v) is 16.6. The number of carbonyl (C=O) groups is 2. The van der Waals surface area contributed by atoms with Gasteiger partial charge in [0, 0.05) is 38.4 Å². The molecule has 1 aromatic rings. The van der Waals surface area contributed by atoms with Crippen molar-refractivity contribution in [2.75, 3.05) is 44.7 Å². The van der Waals surface area contributed by atoms with E-state index >= 15 is 0 Å². The van der Waals surface area contributed by atoms with E-state index in [0.717, 1.165) is 42.8 Å². The first-order chi connectivity index (χ1) is 13.7. The lowest BCUT2D eigenvalue weighted by molar-refractivity contribution is -0.151. The molecule has 4 rings (SSSR count). The summed E-state index contributed by atoms with van der Waals surface area (Å²) in [6.07, 6.45) is 7.65. The zero-order chi connectivity index (χ0) is 19.5. The van der Waals surface area contributed by atoms with Crippen LogP contribution in [-0.4, -0.2) is 61.4 Å². The van der Waals surface area contributed by atoms with Gasteiger partial charge in [0.05, 0.1) is 12.8 Å². The molecule has 0 N–H and O–H groups in total. The topological polar surface area (TPSA) is 53.1 Å². The molecule has 2 amide bonds. The van der Waals surface area contributed by atoms with Crippen LogP contribution >= 0.6 is 0 Å². The van der Waals surface area contributed by atoms with Crippen LogP contribution in [0, 0.1) is 5.92 Å². The van der Waals surface area contributed by atoms with Crippen molar-refractivity contribution in [2.45, 2.75) is 32.1 Å². The number of fused-ring (bicyclic) bond motifs is 1. The fourth-order valence-electron chi connectivity index (χ4n) is 4.69. The van der Waals surface area contributed by atoms with E-state index in [1.807, 2.05) is 24.3 Å². The third-order valence-corrected chi connectivity index (χ3v) is 6.20. The normalized spacial score (nSPS) is 22.4. The van der Waals surface area contributed by atoms with Gasteiger partial charge in [0.2, 0.25) is 0 Å². The largest absolute Gasteiger partial charge is 0.495 e. The van der Waals surface area contributed by atoms with Gasteiger partial charge in [0.25, 0.3) is 0 Å². The van der Waals surface area contributed by atoms with E-state index in [1.54, 1.807) is 16.9 Å². The number of rotatable bonds is 2. The molecule has 0 aromatic heterocycles. The molecule has 2 aliphatic heterocycles. The maximum atomic E-state index is 13.0. The van der Waals surface area contributed by atoms with Gasteiger partial charge in [-0.25, -0.2) is 0 Å². The van der Waals surface area contributed by atoms with Gasteiger partial charge in [0.15, 0.2) is 0 Å². The smallest absolute Gasteiger partial charge is 0.316 e. The molecule has 6 heteroatoms. The Bertz CT molecular complexity index is 768. The van der Waals surface area contributed by atoms with E-state index in [1.165, 1.54) is 6.42 Å². The number of para-hydroxylation sites is 2. The van der Waals surface area contributed by atoms with Crippen LogP contribution in [0.5, 0.6) is 5.75 Å². The average Bonchev–Trinajstić information content (AvgIpc) is 2.77.